The summed E-state index contributed by atoms with van der Waals surface area (Å²) in [6.07, 6.45) is 5.55. The van der Waals surface area contributed by atoms with Crippen LogP contribution in [0.4, 0.5) is 0 Å². The summed E-state index contributed by atoms with van der Waals surface area (Å²) in [5.41, 5.74) is 0. The average Bonchev–Trinajstić information content (AvgIpc) is 2.10. The fraction of sp³-hybridized carbons (Fsp3) is 0.700. The van der Waals surface area contributed by atoms with Crippen LogP contribution in [0.2, 0.25) is 0 Å². The molecule has 1 nitrogen and oxygen atoms in total. The summed E-state index contributed by atoms with van der Waals surface area (Å²) >= 11 is 0. The van der Waals surface area contributed by atoms with Crippen molar-refractivity contribution in [2.24, 2.45) is 5.92 Å². The third-order valence-electron chi connectivity index (χ3n) is 1.65. The van der Waals surface area contributed by atoms with Crippen LogP contribution >= 0.6 is 0 Å². The Morgan fingerprint density at radius 1 is 1.36 bits per heavy atom. The Balaban J connectivity index is 0. The summed E-state index contributed by atoms with van der Waals surface area (Å²) in [5.74, 6) is 0.324. The van der Waals surface area contributed by atoms with E-state index >= 15 is 0 Å². The molecule has 11 heavy (non-hydrogen) atoms. The Hall–Kier alpha value is -0.590. The van der Waals surface area contributed by atoms with Crippen molar-refractivity contribution in [1.82, 2.24) is 0 Å². The van der Waals surface area contributed by atoms with Gasteiger partial charge < -0.3 is 4.79 Å². The first-order valence-electron chi connectivity index (χ1n) is 4.30. The van der Waals surface area contributed by atoms with Crippen LogP contribution in [0.15, 0.2) is 13.2 Å². The quantitative estimate of drug-likeness (QED) is 0.441. The normalized spacial score (nSPS) is 11.1. The largest absolute Gasteiger partial charge is 0.303 e. The Kier molecular flexibility index (Phi) is 14.4. The fourth-order valence-electron chi connectivity index (χ4n) is 0.835. The Morgan fingerprint density at radius 2 is 1.91 bits per heavy atom. The van der Waals surface area contributed by atoms with Crippen LogP contribution in [0.25, 0.3) is 0 Å². The van der Waals surface area contributed by atoms with Crippen LogP contribution in [0, 0.1) is 5.92 Å². The second-order valence-corrected chi connectivity index (χ2v) is 2.45. The minimum absolute atomic E-state index is 0.324. The number of aldehydes is 1. The molecule has 0 rings (SSSR count). The van der Waals surface area contributed by atoms with Gasteiger partial charge in [0.1, 0.15) is 6.29 Å². The van der Waals surface area contributed by atoms with E-state index in [2.05, 4.69) is 27.0 Å². The van der Waals surface area contributed by atoms with E-state index in [0.29, 0.717) is 5.92 Å². The predicted molar refractivity (Wildman–Crippen MR) is 50.6 cm³/mol. The van der Waals surface area contributed by atoms with Gasteiger partial charge in [-0.15, -0.1) is 13.2 Å². The Labute approximate surface area is 70.5 Å². The van der Waals surface area contributed by atoms with Gasteiger partial charge in [-0.05, 0) is 12.8 Å². The molecule has 0 saturated heterocycles. The molecular formula is C10H20O. The van der Waals surface area contributed by atoms with Crippen LogP contribution in [0.1, 0.15) is 39.5 Å². The van der Waals surface area contributed by atoms with Crippen LogP contribution in [-0.2, 0) is 4.79 Å². The maximum atomic E-state index is 10.2. The van der Waals surface area contributed by atoms with Gasteiger partial charge in [0, 0.05) is 5.92 Å². The van der Waals surface area contributed by atoms with Crippen LogP contribution in [0.3, 0.4) is 0 Å². The Bertz CT molecular complexity index is 78.9. The molecule has 0 amide bonds. The number of hydrogen-bond acceptors (Lipinski definition) is 1. The monoisotopic (exact) mass is 156 g/mol. The average molecular weight is 156 g/mol. The van der Waals surface area contributed by atoms with E-state index in [0.717, 1.165) is 19.1 Å². The number of carbonyl (C=O) groups excluding carboxylic acids is 1. The molecule has 0 spiro atoms. The molecule has 0 N–H and O–H groups in total. The zero-order chi connectivity index (χ0) is 9.11. The number of hydrogen-bond donors (Lipinski definition) is 0. The van der Waals surface area contributed by atoms with E-state index in [9.17, 15) is 4.79 Å². The number of unbranched alkanes of at least 4 members (excludes halogenated alkanes) is 1. The van der Waals surface area contributed by atoms with E-state index in [1.54, 1.807) is 0 Å². The van der Waals surface area contributed by atoms with Crippen molar-refractivity contribution in [2.75, 3.05) is 0 Å². The van der Waals surface area contributed by atoms with E-state index in [-0.39, 0.29) is 0 Å². The van der Waals surface area contributed by atoms with E-state index in [1.807, 2.05) is 0 Å². The van der Waals surface area contributed by atoms with Crippen molar-refractivity contribution < 1.29 is 4.79 Å². The molecule has 0 aromatic rings. The molecular weight excluding hydrogens is 136 g/mol. The van der Waals surface area contributed by atoms with Gasteiger partial charge in [-0.1, -0.05) is 26.7 Å². The van der Waals surface area contributed by atoms with Crippen LogP contribution < -0.4 is 0 Å². The highest BCUT2D eigenvalue weighted by Crippen LogP contribution is 2.08. The summed E-state index contributed by atoms with van der Waals surface area (Å²) in [6.45, 7) is 10.2. The van der Waals surface area contributed by atoms with Gasteiger partial charge in [-0.2, -0.15) is 0 Å². The van der Waals surface area contributed by atoms with Gasteiger partial charge in [-0.3, -0.25) is 0 Å². The summed E-state index contributed by atoms with van der Waals surface area (Å²) in [6, 6.07) is 0. The highest BCUT2D eigenvalue weighted by molar-refractivity contribution is 5.53. The lowest BCUT2D eigenvalue weighted by Gasteiger charge is -2.03. The van der Waals surface area contributed by atoms with Crippen LogP contribution in [-0.4, -0.2) is 6.29 Å². The molecule has 1 heteroatoms. The molecule has 0 aromatic carbocycles. The molecule has 0 heterocycles. The lowest BCUT2D eigenvalue weighted by molar-refractivity contribution is -0.111. The molecule has 0 radical (unpaired) electrons. The van der Waals surface area contributed by atoms with Crippen molar-refractivity contribution in [1.29, 1.82) is 0 Å². The van der Waals surface area contributed by atoms with Crippen molar-refractivity contribution in [3.63, 3.8) is 0 Å². The zero-order valence-corrected chi connectivity index (χ0v) is 7.81. The van der Waals surface area contributed by atoms with Crippen LogP contribution in [0.5, 0.6) is 0 Å². The fourth-order valence-corrected chi connectivity index (χ4v) is 0.835. The SMILES string of the molecule is C=C.CCCCC(C=O)CC. The molecule has 1 atom stereocenters. The summed E-state index contributed by atoms with van der Waals surface area (Å²) in [5, 5.41) is 0. The molecule has 66 valence electrons. The van der Waals surface area contributed by atoms with Crippen molar-refractivity contribution >= 4 is 6.29 Å². The highest BCUT2D eigenvalue weighted by Gasteiger charge is 2.01. The van der Waals surface area contributed by atoms with E-state index in [1.165, 1.54) is 12.8 Å². The second kappa shape index (κ2) is 12.1. The smallest absolute Gasteiger partial charge is 0.123 e. The topological polar surface area (TPSA) is 17.1 Å². The maximum absolute atomic E-state index is 10.2. The first-order chi connectivity index (χ1) is 5.35. The lowest BCUT2D eigenvalue weighted by Crippen LogP contribution is -1.98. The first kappa shape index (κ1) is 13.0. The van der Waals surface area contributed by atoms with Gasteiger partial charge in [0.25, 0.3) is 0 Å². The summed E-state index contributed by atoms with van der Waals surface area (Å²) < 4.78 is 0. The summed E-state index contributed by atoms with van der Waals surface area (Å²) in [4.78, 5) is 10.2. The first-order valence-corrected chi connectivity index (χ1v) is 4.30. The van der Waals surface area contributed by atoms with Crippen molar-refractivity contribution in [2.45, 2.75) is 39.5 Å². The summed E-state index contributed by atoms with van der Waals surface area (Å²) in [7, 11) is 0. The predicted octanol–water partition coefficient (Wildman–Crippen LogP) is 3.20. The number of carbonyl (C=O) groups is 1. The zero-order valence-electron chi connectivity index (χ0n) is 7.81. The molecule has 0 saturated carbocycles. The second-order valence-electron chi connectivity index (χ2n) is 2.45. The number of rotatable bonds is 5. The Morgan fingerprint density at radius 3 is 2.18 bits per heavy atom. The molecule has 0 aliphatic heterocycles. The highest BCUT2D eigenvalue weighted by atomic mass is 16.1. The van der Waals surface area contributed by atoms with E-state index in [4.69, 9.17) is 0 Å². The molecule has 0 fully saturated rings. The van der Waals surface area contributed by atoms with Gasteiger partial charge in [-0.25, -0.2) is 0 Å². The molecule has 0 aliphatic carbocycles. The standard InChI is InChI=1S/C8H16O.C2H4/c1-3-5-6-8(4-2)7-9;1-2/h7-8H,3-6H2,1-2H3;1-2H2. The third-order valence-corrected chi connectivity index (χ3v) is 1.65. The maximum Gasteiger partial charge on any atom is 0.123 e. The molecule has 0 aliphatic rings. The van der Waals surface area contributed by atoms with Crippen molar-refractivity contribution in [3.8, 4) is 0 Å². The van der Waals surface area contributed by atoms with Gasteiger partial charge in [0.2, 0.25) is 0 Å². The minimum Gasteiger partial charge on any atom is -0.303 e. The molecule has 0 bridgehead atoms. The molecule has 1 unspecified atom stereocenters. The van der Waals surface area contributed by atoms with Crippen molar-refractivity contribution in [3.05, 3.63) is 13.2 Å². The lowest BCUT2D eigenvalue weighted by atomic mass is 10.0. The third kappa shape index (κ3) is 9.41. The van der Waals surface area contributed by atoms with Gasteiger partial charge in [0.05, 0.1) is 0 Å². The molecule has 0 aromatic heterocycles. The van der Waals surface area contributed by atoms with E-state index < -0.39 is 0 Å². The van der Waals surface area contributed by atoms with Gasteiger partial charge in [0.15, 0.2) is 0 Å². The van der Waals surface area contributed by atoms with Gasteiger partial charge >= 0.3 is 0 Å². The minimum atomic E-state index is 0.324.